The highest BCUT2D eigenvalue weighted by atomic mass is 35.5. The van der Waals surface area contributed by atoms with Gasteiger partial charge < -0.3 is 10.2 Å². The monoisotopic (exact) mass is 346 g/mol. The maximum absolute atomic E-state index is 12.7. The molecule has 1 saturated heterocycles. The van der Waals surface area contributed by atoms with Crippen molar-refractivity contribution in [2.45, 2.75) is 24.7 Å². The molecule has 0 aliphatic carbocycles. The third kappa shape index (κ3) is 4.44. The maximum atomic E-state index is 12.7. The van der Waals surface area contributed by atoms with E-state index >= 15 is 0 Å². The Hall–Kier alpha value is -1.11. The summed E-state index contributed by atoms with van der Waals surface area (Å²) in [6.45, 7) is 4.73. The van der Waals surface area contributed by atoms with Crippen molar-refractivity contribution in [1.82, 2.24) is 10.2 Å². The van der Waals surface area contributed by atoms with E-state index in [4.69, 9.17) is 0 Å². The molecular weight excluding hydrogens is 324 g/mol. The zero-order valence-corrected chi connectivity index (χ0v) is 14.4. The van der Waals surface area contributed by atoms with Crippen LogP contribution in [0.3, 0.4) is 0 Å². The van der Waals surface area contributed by atoms with Gasteiger partial charge in [-0.2, -0.15) is 0 Å². The van der Waals surface area contributed by atoms with E-state index in [1.165, 1.54) is 6.07 Å². The van der Waals surface area contributed by atoms with E-state index in [0.717, 1.165) is 19.5 Å². The summed E-state index contributed by atoms with van der Waals surface area (Å²) in [5.74, 6) is -0.118. The maximum Gasteiger partial charge on any atom is 0.255 e. The van der Waals surface area contributed by atoms with E-state index in [1.807, 2.05) is 6.92 Å². The molecule has 1 amide bonds. The fraction of sp³-hybridized carbons (Fsp3) is 0.533. The van der Waals surface area contributed by atoms with Gasteiger partial charge in [0.25, 0.3) is 5.91 Å². The molecular formula is C15H23ClN2O3S. The van der Waals surface area contributed by atoms with Crippen molar-refractivity contribution in [3.8, 4) is 0 Å². The van der Waals surface area contributed by atoms with Gasteiger partial charge in [-0.3, -0.25) is 4.79 Å². The van der Waals surface area contributed by atoms with Gasteiger partial charge in [-0.1, -0.05) is 19.1 Å². The predicted octanol–water partition coefficient (Wildman–Crippen LogP) is 1.73. The second-order valence-corrected chi connectivity index (χ2v) is 7.29. The normalized spacial score (nSPS) is 15.8. The fourth-order valence-corrected chi connectivity index (χ4v) is 4.05. The van der Waals surface area contributed by atoms with Crippen molar-refractivity contribution in [2.75, 3.05) is 31.9 Å². The molecule has 0 unspecified atom stereocenters. The predicted molar refractivity (Wildman–Crippen MR) is 89.4 cm³/mol. The van der Waals surface area contributed by atoms with E-state index in [0.29, 0.717) is 25.1 Å². The molecule has 0 radical (unpaired) electrons. The smallest absolute Gasteiger partial charge is 0.255 e. The zero-order chi connectivity index (χ0) is 15.3. The molecule has 1 aliphatic heterocycles. The fourth-order valence-electron chi connectivity index (χ4n) is 2.51. The molecule has 0 bridgehead atoms. The Morgan fingerprint density at radius 3 is 2.68 bits per heavy atom. The van der Waals surface area contributed by atoms with Crippen LogP contribution in [0.25, 0.3) is 0 Å². The van der Waals surface area contributed by atoms with Crippen LogP contribution < -0.4 is 5.32 Å². The zero-order valence-electron chi connectivity index (χ0n) is 12.7. The molecule has 1 aliphatic rings. The lowest BCUT2D eigenvalue weighted by Gasteiger charge is -2.21. The quantitative estimate of drug-likeness (QED) is 0.901. The molecule has 5 nitrogen and oxygen atoms in total. The van der Waals surface area contributed by atoms with E-state index in [1.54, 1.807) is 23.1 Å². The molecule has 7 heteroatoms. The highest BCUT2D eigenvalue weighted by Gasteiger charge is 2.25. The highest BCUT2D eigenvalue weighted by Crippen LogP contribution is 2.20. The van der Waals surface area contributed by atoms with Crippen LogP contribution in [0.15, 0.2) is 29.2 Å². The minimum Gasteiger partial charge on any atom is -0.337 e. The first-order valence-electron chi connectivity index (χ1n) is 7.38. The Balaban J connectivity index is 0.00000242. The van der Waals surface area contributed by atoms with Crippen LogP contribution >= 0.6 is 12.4 Å². The molecule has 1 fully saturated rings. The van der Waals surface area contributed by atoms with E-state index in [9.17, 15) is 13.2 Å². The summed E-state index contributed by atoms with van der Waals surface area (Å²) in [7, 11) is -3.40. The number of amides is 1. The number of carbonyl (C=O) groups is 1. The first-order chi connectivity index (χ1) is 10.1. The highest BCUT2D eigenvalue weighted by molar-refractivity contribution is 7.91. The summed E-state index contributed by atoms with van der Waals surface area (Å²) in [4.78, 5) is 14.6. The molecule has 22 heavy (non-hydrogen) atoms. The van der Waals surface area contributed by atoms with Crippen LogP contribution in [0.1, 0.15) is 30.1 Å². The van der Waals surface area contributed by atoms with Crippen molar-refractivity contribution < 1.29 is 13.2 Å². The molecule has 0 aromatic heterocycles. The lowest BCUT2D eigenvalue weighted by molar-refractivity contribution is 0.0762. The van der Waals surface area contributed by atoms with Gasteiger partial charge in [0.1, 0.15) is 0 Å². The summed E-state index contributed by atoms with van der Waals surface area (Å²) < 4.78 is 24.7. The molecule has 0 spiro atoms. The van der Waals surface area contributed by atoms with Gasteiger partial charge in [0.05, 0.1) is 16.2 Å². The number of hydrogen-bond acceptors (Lipinski definition) is 4. The second-order valence-electron chi connectivity index (χ2n) is 5.21. The first kappa shape index (κ1) is 18.9. The lowest BCUT2D eigenvalue weighted by Crippen LogP contribution is -2.35. The van der Waals surface area contributed by atoms with Crippen molar-refractivity contribution in [2.24, 2.45) is 0 Å². The Morgan fingerprint density at radius 2 is 1.95 bits per heavy atom. The van der Waals surface area contributed by atoms with Crippen molar-refractivity contribution in [3.05, 3.63) is 29.8 Å². The Morgan fingerprint density at radius 1 is 1.23 bits per heavy atom. The van der Waals surface area contributed by atoms with Crippen molar-refractivity contribution >= 4 is 28.2 Å². The Labute approximate surface area is 138 Å². The number of nitrogens with one attached hydrogen (secondary N) is 1. The molecule has 1 N–H and O–H groups in total. The van der Waals surface area contributed by atoms with Crippen LogP contribution in [-0.2, 0) is 9.84 Å². The molecule has 1 aromatic carbocycles. The number of sulfone groups is 1. The molecule has 1 aromatic rings. The van der Waals surface area contributed by atoms with Crippen LogP contribution in [0, 0.1) is 0 Å². The second kappa shape index (κ2) is 8.50. The van der Waals surface area contributed by atoms with Crippen LogP contribution in [-0.4, -0.2) is 51.2 Å². The Kier molecular flexibility index (Phi) is 7.32. The van der Waals surface area contributed by atoms with Gasteiger partial charge in [0.2, 0.25) is 0 Å². The number of hydrogen-bond donors (Lipinski definition) is 1. The van der Waals surface area contributed by atoms with E-state index in [-0.39, 0.29) is 29.0 Å². The van der Waals surface area contributed by atoms with Gasteiger partial charge >= 0.3 is 0 Å². The SMILES string of the molecule is CCCS(=O)(=O)c1ccccc1C(=O)N1CCCNCC1.Cl. The van der Waals surface area contributed by atoms with Gasteiger partial charge in [0.15, 0.2) is 9.84 Å². The average Bonchev–Trinajstić information content (AvgIpc) is 2.75. The van der Waals surface area contributed by atoms with Gasteiger partial charge in [-0.15, -0.1) is 12.4 Å². The molecule has 0 atom stereocenters. The minimum absolute atomic E-state index is 0. The summed E-state index contributed by atoms with van der Waals surface area (Å²) in [5.41, 5.74) is 0.299. The summed E-state index contributed by atoms with van der Waals surface area (Å²) >= 11 is 0. The lowest BCUT2D eigenvalue weighted by atomic mass is 10.2. The van der Waals surface area contributed by atoms with Gasteiger partial charge in [0, 0.05) is 19.6 Å². The molecule has 124 valence electrons. The standard InChI is InChI=1S/C15H22N2O3S.ClH/c1-2-12-21(19,20)14-7-4-3-6-13(14)15(18)17-10-5-8-16-9-11-17;/h3-4,6-7,16H,2,5,8-12H2,1H3;1H. The number of nitrogens with zero attached hydrogens (tertiary/aromatic N) is 1. The summed E-state index contributed by atoms with van der Waals surface area (Å²) in [6, 6.07) is 6.54. The van der Waals surface area contributed by atoms with Crippen LogP contribution in [0.4, 0.5) is 0 Å². The van der Waals surface area contributed by atoms with Gasteiger partial charge in [-0.25, -0.2) is 8.42 Å². The van der Waals surface area contributed by atoms with E-state index in [2.05, 4.69) is 5.32 Å². The number of halogens is 1. The van der Waals surface area contributed by atoms with Crippen molar-refractivity contribution in [1.29, 1.82) is 0 Å². The topological polar surface area (TPSA) is 66.5 Å². The first-order valence-corrected chi connectivity index (χ1v) is 9.03. The third-order valence-electron chi connectivity index (χ3n) is 3.55. The minimum atomic E-state index is -3.40. The molecule has 2 rings (SSSR count). The third-order valence-corrected chi connectivity index (χ3v) is 5.52. The molecule has 0 saturated carbocycles. The number of carbonyl (C=O) groups excluding carboxylic acids is 1. The van der Waals surface area contributed by atoms with E-state index < -0.39 is 9.84 Å². The van der Waals surface area contributed by atoms with Crippen LogP contribution in [0.5, 0.6) is 0 Å². The Bertz CT molecular complexity index is 597. The number of rotatable bonds is 4. The summed E-state index contributed by atoms with van der Waals surface area (Å²) in [6.07, 6.45) is 1.42. The van der Waals surface area contributed by atoms with Crippen molar-refractivity contribution in [3.63, 3.8) is 0 Å². The number of benzene rings is 1. The van der Waals surface area contributed by atoms with Crippen LogP contribution in [0.2, 0.25) is 0 Å². The largest absolute Gasteiger partial charge is 0.337 e. The van der Waals surface area contributed by atoms with Gasteiger partial charge in [-0.05, 0) is 31.5 Å². The average molecular weight is 347 g/mol. The molecule has 1 heterocycles. The summed E-state index contributed by atoms with van der Waals surface area (Å²) in [5, 5.41) is 3.24.